The minimum absolute atomic E-state index is 0.0603. The molecule has 0 bridgehead atoms. The van der Waals surface area contributed by atoms with E-state index in [1.807, 2.05) is 11.4 Å². The molecule has 1 aliphatic heterocycles. The van der Waals surface area contributed by atoms with Gasteiger partial charge < -0.3 is 10.2 Å². The molecule has 16 heavy (non-hydrogen) atoms. The van der Waals surface area contributed by atoms with E-state index in [1.165, 1.54) is 11.3 Å². The third-order valence-electron chi connectivity index (χ3n) is 2.83. The van der Waals surface area contributed by atoms with Crippen LogP contribution in [0.3, 0.4) is 0 Å². The van der Waals surface area contributed by atoms with Gasteiger partial charge in [0.2, 0.25) is 5.91 Å². The second kappa shape index (κ2) is 3.90. The molecule has 0 unspecified atom stereocenters. The predicted octanol–water partition coefficient (Wildman–Crippen LogP) is 1.10. The van der Waals surface area contributed by atoms with Crippen molar-refractivity contribution in [3.8, 4) is 0 Å². The monoisotopic (exact) mass is 238 g/mol. The minimum atomic E-state index is -0.765. The van der Waals surface area contributed by atoms with Gasteiger partial charge in [-0.25, -0.2) is 0 Å². The molecule has 2 rings (SSSR count). The largest absolute Gasteiger partial charge is 0.352 e. The van der Waals surface area contributed by atoms with Gasteiger partial charge >= 0.3 is 0 Å². The van der Waals surface area contributed by atoms with Crippen molar-refractivity contribution in [2.24, 2.45) is 0 Å². The van der Waals surface area contributed by atoms with Crippen LogP contribution in [-0.4, -0.2) is 35.3 Å². The number of thiophene rings is 1. The number of carbonyl (C=O) groups is 2. The van der Waals surface area contributed by atoms with Crippen LogP contribution in [-0.2, 0) is 4.79 Å². The number of piperazine rings is 1. The summed E-state index contributed by atoms with van der Waals surface area (Å²) in [6, 6.07) is 3.63. The number of hydrogen-bond acceptors (Lipinski definition) is 3. The predicted molar refractivity (Wildman–Crippen MR) is 62.4 cm³/mol. The minimum Gasteiger partial charge on any atom is -0.352 e. The molecule has 1 aliphatic rings. The third kappa shape index (κ3) is 1.71. The molecule has 1 N–H and O–H groups in total. The second-order valence-corrected chi connectivity index (χ2v) is 5.20. The number of carbonyl (C=O) groups excluding carboxylic acids is 2. The molecule has 5 heteroatoms. The van der Waals surface area contributed by atoms with Gasteiger partial charge in [-0.2, -0.15) is 0 Å². The summed E-state index contributed by atoms with van der Waals surface area (Å²) in [4.78, 5) is 26.2. The van der Waals surface area contributed by atoms with Gasteiger partial charge in [0, 0.05) is 13.1 Å². The highest BCUT2D eigenvalue weighted by Crippen LogP contribution is 2.22. The Morgan fingerprint density at radius 2 is 2.31 bits per heavy atom. The highest BCUT2D eigenvalue weighted by molar-refractivity contribution is 7.12. The van der Waals surface area contributed by atoms with Gasteiger partial charge in [0.05, 0.1) is 4.88 Å². The molecule has 1 fully saturated rings. The van der Waals surface area contributed by atoms with E-state index in [4.69, 9.17) is 0 Å². The summed E-state index contributed by atoms with van der Waals surface area (Å²) in [6.45, 7) is 4.63. The van der Waals surface area contributed by atoms with Crippen LogP contribution in [0.15, 0.2) is 17.5 Å². The van der Waals surface area contributed by atoms with Gasteiger partial charge in [-0.1, -0.05) is 6.07 Å². The SMILES string of the molecule is CC1(C)C(=O)NCCN1C(=O)c1cccs1. The topological polar surface area (TPSA) is 49.4 Å². The summed E-state index contributed by atoms with van der Waals surface area (Å²) < 4.78 is 0. The first-order valence-corrected chi connectivity index (χ1v) is 6.05. The molecule has 0 aliphatic carbocycles. The highest BCUT2D eigenvalue weighted by Gasteiger charge is 2.40. The Hall–Kier alpha value is -1.36. The van der Waals surface area contributed by atoms with Crippen molar-refractivity contribution in [1.29, 1.82) is 0 Å². The molecule has 0 saturated carbocycles. The maximum atomic E-state index is 12.2. The fourth-order valence-electron chi connectivity index (χ4n) is 1.79. The van der Waals surface area contributed by atoms with Crippen molar-refractivity contribution >= 4 is 23.2 Å². The molecule has 0 aromatic carbocycles. The van der Waals surface area contributed by atoms with Crippen LogP contribution < -0.4 is 5.32 Å². The van der Waals surface area contributed by atoms with E-state index < -0.39 is 5.54 Å². The molecular formula is C11H14N2O2S. The van der Waals surface area contributed by atoms with Crippen molar-refractivity contribution in [2.75, 3.05) is 13.1 Å². The molecule has 1 saturated heterocycles. The van der Waals surface area contributed by atoms with Crippen LogP contribution in [0.4, 0.5) is 0 Å². The summed E-state index contributed by atoms with van der Waals surface area (Å²) in [6.07, 6.45) is 0. The molecule has 4 nitrogen and oxygen atoms in total. The lowest BCUT2D eigenvalue weighted by Gasteiger charge is -2.40. The molecule has 0 radical (unpaired) electrons. The Kier molecular flexibility index (Phi) is 2.71. The van der Waals surface area contributed by atoms with Gasteiger partial charge in [-0.05, 0) is 25.3 Å². The van der Waals surface area contributed by atoms with Crippen LogP contribution in [0, 0.1) is 0 Å². The average Bonchev–Trinajstić information content (AvgIpc) is 2.74. The van der Waals surface area contributed by atoms with Crippen LogP contribution in [0.25, 0.3) is 0 Å². The van der Waals surface area contributed by atoms with Crippen molar-refractivity contribution in [1.82, 2.24) is 10.2 Å². The van der Waals surface area contributed by atoms with Gasteiger partial charge in [0.1, 0.15) is 5.54 Å². The summed E-state index contributed by atoms with van der Waals surface area (Å²) in [5.41, 5.74) is -0.765. The Bertz CT molecular complexity index is 412. The first-order valence-electron chi connectivity index (χ1n) is 5.17. The zero-order chi connectivity index (χ0) is 11.8. The van der Waals surface area contributed by atoms with Gasteiger partial charge in [0.15, 0.2) is 0 Å². The Labute approximate surface area is 98.3 Å². The normalized spacial score (nSPS) is 19.4. The first kappa shape index (κ1) is 11.1. The van der Waals surface area contributed by atoms with Crippen molar-refractivity contribution in [3.05, 3.63) is 22.4 Å². The van der Waals surface area contributed by atoms with E-state index in [9.17, 15) is 9.59 Å². The Morgan fingerprint density at radius 1 is 1.56 bits per heavy atom. The van der Waals surface area contributed by atoms with E-state index in [2.05, 4.69) is 5.32 Å². The van der Waals surface area contributed by atoms with Gasteiger partial charge in [-0.15, -0.1) is 11.3 Å². The van der Waals surface area contributed by atoms with Crippen LogP contribution >= 0.6 is 11.3 Å². The Morgan fingerprint density at radius 3 is 2.94 bits per heavy atom. The van der Waals surface area contributed by atoms with E-state index in [1.54, 1.807) is 24.8 Å². The fourth-order valence-corrected chi connectivity index (χ4v) is 2.46. The lowest BCUT2D eigenvalue weighted by Crippen LogP contribution is -2.63. The fraction of sp³-hybridized carbons (Fsp3) is 0.455. The van der Waals surface area contributed by atoms with Crippen LogP contribution in [0.2, 0.25) is 0 Å². The molecule has 0 spiro atoms. The maximum absolute atomic E-state index is 12.2. The molecule has 2 heterocycles. The zero-order valence-electron chi connectivity index (χ0n) is 9.32. The standard InChI is InChI=1S/C11H14N2O2S/c1-11(2)10(15)12-5-6-13(11)9(14)8-4-3-7-16-8/h3-4,7H,5-6H2,1-2H3,(H,12,15). The average molecular weight is 238 g/mol. The lowest BCUT2D eigenvalue weighted by molar-refractivity contribution is -0.133. The molecule has 2 amide bonds. The quantitative estimate of drug-likeness (QED) is 0.796. The van der Waals surface area contributed by atoms with Crippen molar-refractivity contribution in [3.63, 3.8) is 0 Å². The molecular weight excluding hydrogens is 224 g/mol. The van der Waals surface area contributed by atoms with E-state index >= 15 is 0 Å². The van der Waals surface area contributed by atoms with Gasteiger partial charge in [0.25, 0.3) is 5.91 Å². The maximum Gasteiger partial charge on any atom is 0.264 e. The van der Waals surface area contributed by atoms with Crippen LogP contribution in [0.1, 0.15) is 23.5 Å². The number of hydrogen-bond donors (Lipinski definition) is 1. The number of amides is 2. The third-order valence-corrected chi connectivity index (χ3v) is 3.69. The summed E-state index contributed by atoms with van der Waals surface area (Å²) >= 11 is 1.40. The summed E-state index contributed by atoms with van der Waals surface area (Å²) in [5, 5.41) is 4.64. The Balaban J connectivity index is 2.26. The highest BCUT2D eigenvalue weighted by atomic mass is 32.1. The first-order chi connectivity index (χ1) is 7.53. The van der Waals surface area contributed by atoms with Crippen LogP contribution in [0.5, 0.6) is 0 Å². The second-order valence-electron chi connectivity index (χ2n) is 4.25. The van der Waals surface area contributed by atoms with E-state index in [0.29, 0.717) is 18.0 Å². The van der Waals surface area contributed by atoms with Crippen molar-refractivity contribution < 1.29 is 9.59 Å². The van der Waals surface area contributed by atoms with E-state index in [-0.39, 0.29) is 11.8 Å². The smallest absolute Gasteiger partial charge is 0.264 e. The van der Waals surface area contributed by atoms with Gasteiger partial charge in [-0.3, -0.25) is 9.59 Å². The molecule has 1 aromatic rings. The zero-order valence-corrected chi connectivity index (χ0v) is 10.1. The number of nitrogens with zero attached hydrogens (tertiary/aromatic N) is 1. The summed E-state index contributed by atoms with van der Waals surface area (Å²) in [5.74, 6) is -0.154. The number of nitrogens with one attached hydrogen (secondary N) is 1. The summed E-state index contributed by atoms with van der Waals surface area (Å²) in [7, 11) is 0. The number of rotatable bonds is 1. The van der Waals surface area contributed by atoms with Crippen molar-refractivity contribution in [2.45, 2.75) is 19.4 Å². The lowest BCUT2D eigenvalue weighted by atomic mass is 9.98. The molecule has 1 aromatic heterocycles. The van der Waals surface area contributed by atoms with E-state index in [0.717, 1.165) is 0 Å². The molecule has 86 valence electrons. The molecule has 0 atom stereocenters.